The monoisotopic (exact) mass is 308 g/mol. The van der Waals surface area contributed by atoms with Gasteiger partial charge in [-0.25, -0.2) is 0 Å². The highest BCUT2D eigenvalue weighted by Gasteiger charge is 2.21. The number of hydrogen-bond acceptors (Lipinski definition) is 4. The predicted octanol–water partition coefficient (Wildman–Crippen LogP) is 3.45. The zero-order valence-electron chi connectivity index (χ0n) is 12.1. The van der Waals surface area contributed by atoms with Gasteiger partial charge in [0.25, 0.3) is 0 Å². The van der Waals surface area contributed by atoms with Crippen LogP contribution < -0.4 is 14.2 Å². The second-order valence-corrected chi connectivity index (χ2v) is 4.81. The van der Waals surface area contributed by atoms with Gasteiger partial charge in [0.1, 0.15) is 6.10 Å². The number of hydrogen-bond donors (Lipinski definition) is 1. The van der Waals surface area contributed by atoms with Crippen molar-refractivity contribution in [3.8, 4) is 17.2 Å². The van der Waals surface area contributed by atoms with Gasteiger partial charge in [0.15, 0.2) is 11.5 Å². The van der Waals surface area contributed by atoms with Crippen molar-refractivity contribution in [1.82, 2.24) is 0 Å². The molecule has 21 heavy (non-hydrogen) atoms. The second kappa shape index (κ2) is 6.70. The third kappa shape index (κ3) is 3.06. The van der Waals surface area contributed by atoms with Gasteiger partial charge in [0.05, 0.1) is 21.3 Å². The van der Waals surface area contributed by atoms with E-state index < -0.39 is 6.10 Å². The Morgan fingerprint density at radius 2 is 1.48 bits per heavy atom. The van der Waals surface area contributed by atoms with Crippen LogP contribution in [0.1, 0.15) is 17.2 Å². The second-order valence-electron chi connectivity index (χ2n) is 4.38. The summed E-state index contributed by atoms with van der Waals surface area (Å²) in [6, 6.07) is 10.5. The molecule has 1 atom stereocenters. The first kappa shape index (κ1) is 15.5. The minimum atomic E-state index is -0.850. The summed E-state index contributed by atoms with van der Waals surface area (Å²) in [5.74, 6) is 1.44. The highest BCUT2D eigenvalue weighted by Crippen LogP contribution is 2.43. The van der Waals surface area contributed by atoms with Crippen LogP contribution in [0.2, 0.25) is 5.02 Å². The SMILES string of the molecule is COc1ccc(C(O)c2ccc(Cl)cc2)c(OC)c1OC. The number of aliphatic hydroxyl groups excluding tert-OH is 1. The van der Waals surface area contributed by atoms with E-state index in [1.54, 1.807) is 43.5 Å². The first-order valence-corrected chi connectivity index (χ1v) is 6.72. The molecule has 0 amide bonds. The molecule has 5 heteroatoms. The van der Waals surface area contributed by atoms with Crippen LogP contribution in [0, 0.1) is 0 Å². The van der Waals surface area contributed by atoms with Gasteiger partial charge < -0.3 is 19.3 Å². The Morgan fingerprint density at radius 3 is 2.00 bits per heavy atom. The summed E-state index contributed by atoms with van der Waals surface area (Å²) >= 11 is 5.87. The Hall–Kier alpha value is -1.91. The van der Waals surface area contributed by atoms with Crippen molar-refractivity contribution in [2.75, 3.05) is 21.3 Å². The third-order valence-corrected chi connectivity index (χ3v) is 3.47. The molecule has 0 aromatic heterocycles. The summed E-state index contributed by atoms with van der Waals surface area (Å²) in [6.07, 6.45) is -0.850. The van der Waals surface area contributed by atoms with Crippen LogP contribution in [-0.2, 0) is 0 Å². The maximum absolute atomic E-state index is 10.6. The lowest BCUT2D eigenvalue weighted by Gasteiger charge is -2.19. The molecule has 4 nitrogen and oxygen atoms in total. The first-order valence-electron chi connectivity index (χ1n) is 6.34. The zero-order valence-corrected chi connectivity index (χ0v) is 12.8. The number of halogens is 1. The minimum absolute atomic E-state index is 0.444. The van der Waals surface area contributed by atoms with Crippen molar-refractivity contribution >= 4 is 11.6 Å². The van der Waals surface area contributed by atoms with Gasteiger partial charge in [-0.05, 0) is 29.8 Å². The molecule has 2 aromatic carbocycles. The highest BCUT2D eigenvalue weighted by molar-refractivity contribution is 6.30. The van der Waals surface area contributed by atoms with E-state index in [0.717, 1.165) is 0 Å². The van der Waals surface area contributed by atoms with E-state index in [9.17, 15) is 5.11 Å². The average molecular weight is 309 g/mol. The van der Waals surface area contributed by atoms with Crippen LogP contribution in [0.5, 0.6) is 17.2 Å². The van der Waals surface area contributed by atoms with Crippen molar-refractivity contribution in [2.24, 2.45) is 0 Å². The van der Waals surface area contributed by atoms with E-state index in [2.05, 4.69) is 0 Å². The van der Waals surface area contributed by atoms with E-state index >= 15 is 0 Å². The number of benzene rings is 2. The molecule has 0 fully saturated rings. The normalized spacial score (nSPS) is 11.9. The van der Waals surface area contributed by atoms with Crippen LogP contribution in [0.4, 0.5) is 0 Å². The van der Waals surface area contributed by atoms with Gasteiger partial charge in [-0.3, -0.25) is 0 Å². The van der Waals surface area contributed by atoms with Crippen molar-refractivity contribution in [2.45, 2.75) is 6.10 Å². The van der Waals surface area contributed by atoms with Gasteiger partial charge in [0, 0.05) is 10.6 Å². The summed E-state index contributed by atoms with van der Waals surface area (Å²) in [4.78, 5) is 0. The summed E-state index contributed by atoms with van der Waals surface area (Å²) in [5.41, 5.74) is 1.31. The van der Waals surface area contributed by atoms with E-state index in [1.165, 1.54) is 14.2 Å². The molecule has 0 heterocycles. The van der Waals surface area contributed by atoms with Crippen LogP contribution in [0.3, 0.4) is 0 Å². The predicted molar refractivity (Wildman–Crippen MR) is 81.6 cm³/mol. The summed E-state index contributed by atoms with van der Waals surface area (Å²) < 4.78 is 15.9. The third-order valence-electron chi connectivity index (χ3n) is 3.21. The molecule has 0 aliphatic carbocycles. The Morgan fingerprint density at radius 1 is 0.857 bits per heavy atom. The largest absolute Gasteiger partial charge is 0.493 e. The Balaban J connectivity index is 2.50. The molecular weight excluding hydrogens is 292 g/mol. The van der Waals surface area contributed by atoms with E-state index in [0.29, 0.717) is 33.4 Å². The molecular formula is C16H17ClO4. The minimum Gasteiger partial charge on any atom is -0.493 e. The van der Waals surface area contributed by atoms with Crippen molar-refractivity contribution in [3.05, 3.63) is 52.5 Å². The van der Waals surface area contributed by atoms with Crippen LogP contribution in [0.25, 0.3) is 0 Å². The lowest BCUT2D eigenvalue weighted by Crippen LogP contribution is -2.05. The van der Waals surface area contributed by atoms with Crippen molar-refractivity contribution < 1.29 is 19.3 Å². The molecule has 0 spiro atoms. The van der Waals surface area contributed by atoms with Gasteiger partial charge in [-0.2, -0.15) is 0 Å². The molecule has 0 bridgehead atoms. The van der Waals surface area contributed by atoms with Gasteiger partial charge in [0.2, 0.25) is 5.75 Å². The number of methoxy groups -OCH3 is 3. The maximum atomic E-state index is 10.6. The Bertz CT molecular complexity index is 610. The fourth-order valence-electron chi connectivity index (χ4n) is 2.16. The topological polar surface area (TPSA) is 47.9 Å². The van der Waals surface area contributed by atoms with Crippen LogP contribution >= 0.6 is 11.6 Å². The molecule has 0 saturated heterocycles. The molecule has 0 saturated carbocycles. The van der Waals surface area contributed by atoms with E-state index in [-0.39, 0.29) is 0 Å². The zero-order chi connectivity index (χ0) is 15.4. The van der Waals surface area contributed by atoms with Crippen molar-refractivity contribution in [3.63, 3.8) is 0 Å². The Labute approximate surface area is 128 Å². The van der Waals surface area contributed by atoms with E-state index in [1.807, 2.05) is 0 Å². The Kier molecular flexibility index (Phi) is 4.94. The molecule has 0 radical (unpaired) electrons. The summed E-state index contributed by atoms with van der Waals surface area (Å²) in [5, 5.41) is 11.2. The molecule has 2 aromatic rings. The molecule has 2 rings (SSSR count). The van der Waals surface area contributed by atoms with E-state index in [4.69, 9.17) is 25.8 Å². The van der Waals surface area contributed by atoms with Gasteiger partial charge in [-0.15, -0.1) is 0 Å². The first-order chi connectivity index (χ1) is 10.1. The maximum Gasteiger partial charge on any atom is 0.203 e. The van der Waals surface area contributed by atoms with Gasteiger partial charge in [-0.1, -0.05) is 23.7 Å². The lowest BCUT2D eigenvalue weighted by atomic mass is 10.00. The van der Waals surface area contributed by atoms with Crippen LogP contribution in [-0.4, -0.2) is 26.4 Å². The fourth-order valence-corrected chi connectivity index (χ4v) is 2.29. The number of ether oxygens (including phenoxy) is 3. The highest BCUT2D eigenvalue weighted by atomic mass is 35.5. The number of rotatable bonds is 5. The smallest absolute Gasteiger partial charge is 0.203 e. The van der Waals surface area contributed by atoms with Crippen LogP contribution in [0.15, 0.2) is 36.4 Å². The van der Waals surface area contributed by atoms with Crippen molar-refractivity contribution in [1.29, 1.82) is 0 Å². The lowest BCUT2D eigenvalue weighted by molar-refractivity contribution is 0.212. The molecule has 0 aliphatic heterocycles. The average Bonchev–Trinajstić information content (AvgIpc) is 2.53. The quantitative estimate of drug-likeness (QED) is 0.919. The standard InChI is InChI=1S/C16H17ClO4/c1-19-13-9-8-12(15(20-2)16(13)21-3)14(18)10-4-6-11(17)7-5-10/h4-9,14,18H,1-3H3. The molecule has 0 aliphatic rings. The molecule has 1 unspecified atom stereocenters. The fraction of sp³-hybridized carbons (Fsp3) is 0.250. The van der Waals surface area contributed by atoms with Gasteiger partial charge >= 0.3 is 0 Å². The summed E-state index contributed by atoms with van der Waals surface area (Å²) in [7, 11) is 4.60. The number of aliphatic hydroxyl groups is 1. The molecule has 1 N–H and O–H groups in total. The summed E-state index contributed by atoms with van der Waals surface area (Å²) in [6.45, 7) is 0. The molecule has 112 valence electrons.